The zero-order chi connectivity index (χ0) is 24.4. The van der Waals surface area contributed by atoms with E-state index in [0.29, 0.717) is 43.3 Å². The lowest BCUT2D eigenvalue weighted by Gasteiger charge is -2.35. The predicted molar refractivity (Wildman–Crippen MR) is 134 cm³/mol. The Morgan fingerprint density at radius 2 is 1.49 bits per heavy atom. The molecule has 35 heavy (non-hydrogen) atoms. The monoisotopic (exact) mass is 468 g/mol. The van der Waals surface area contributed by atoms with Crippen LogP contribution in [0.2, 0.25) is 0 Å². The number of ether oxygens (including phenoxy) is 1. The number of carbonyl (C=O) groups is 1. The van der Waals surface area contributed by atoms with Gasteiger partial charge in [0.25, 0.3) is 5.91 Å². The third kappa shape index (κ3) is 4.87. The number of para-hydroxylation sites is 1. The molecule has 0 bridgehead atoms. The zero-order valence-corrected chi connectivity index (χ0v) is 20.2. The number of aromatic nitrogens is 4. The van der Waals surface area contributed by atoms with Gasteiger partial charge in [0.1, 0.15) is 35.3 Å². The van der Waals surface area contributed by atoms with Crippen LogP contribution in [-0.2, 0) is 0 Å². The maximum atomic E-state index is 13.1. The number of hydrogen-bond acceptors (Lipinski definition) is 6. The SMILES string of the molecule is Cc1nc(N2CCN(C(=O)c3ccc(Oc4ccccc4)cc3)CC2)cc(-n2cnc(C)c2C)n1. The Labute approximate surface area is 204 Å². The van der Waals surface area contributed by atoms with Crippen LogP contribution < -0.4 is 9.64 Å². The topological polar surface area (TPSA) is 76.4 Å². The van der Waals surface area contributed by atoms with Crippen molar-refractivity contribution in [3.8, 4) is 17.3 Å². The van der Waals surface area contributed by atoms with Gasteiger partial charge in [-0.25, -0.2) is 15.0 Å². The highest BCUT2D eigenvalue weighted by molar-refractivity contribution is 5.94. The van der Waals surface area contributed by atoms with E-state index in [1.807, 2.05) is 90.9 Å². The van der Waals surface area contributed by atoms with Gasteiger partial charge in [-0.15, -0.1) is 0 Å². The number of anilines is 1. The summed E-state index contributed by atoms with van der Waals surface area (Å²) in [5.41, 5.74) is 2.70. The van der Waals surface area contributed by atoms with E-state index < -0.39 is 0 Å². The molecule has 0 aliphatic carbocycles. The summed E-state index contributed by atoms with van der Waals surface area (Å²) in [5, 5.41) is 0. The molecule has 0 unspecified atom stereocenters. The van der Waals surface area contributed by atoms with Crippen molar-refractivity contribution in [3.05, 3.63) is 89.8 Å². The fraction of sp³-hybridized carbons (Fsp3) is 0.259. The largest absolute Gasteiger partial charge is 0.457 e. The molecule has 8 nitrogen and oxygen atoms in total. The highest BCUT2D eigenvalue weighted by Crippen LogP contribution is 2.23. The minimum absolute atomic E-state index is 0.0278. The fourth-order valence-electron chi connectivity index (χ4n) is 4.16. The standard InChI is InChI=1S/C27H28N6O2/c1-19-20(2)33(18-28-19)26-17-25(29-21(3)30-26)31-13-15-32(16-14-31)27(34)22-9-11-24(12-10-22)35-23-7-5-4-6-8-23/h4-12,17-18H,13-16H2,1-3H3. The average molecular weight is 469 g/mol. The van der Waals surface area contributed by atoms with Gasteiger partial charge < -0.3 is 14.5 Å². The fourth-order valence-corrected chi connectivity index (χ4v) is 4.16. The van der Waals surface area contributed by atoms with Crippen molar-refractivity contribution < 1.29 is 9.53 Å². The Hall–Kier alpha value is -4.20. The van der Waals surface area contributed by atoms with E-state index in [1.165, 1.54) is 0 Å². The number of carbonyl (C=O) groups excluding carboxylic acids is 1. The number of hydrogen-bond donors (Lipinski definition) is 0. The second kappa shape index (κ2) is 9.58. The number of benzene rings is 2. The summed E-state index contributed by atoms with van der Waals surface area (Å²) in [5.74, 6) is 3.88. The van der Waals surface area contributed by atoms with Gasteiger partial charge in [-0.05, 0) is 57.2 Å². The van der Waals surface area contributed by atoms with Crippen LogP contribution in [0, 0.1) is 20.8 Å². The van der Waals surface area contributed by atoms with Crippen LogP contribution in [0.15, 0.2) is 67.0 Å². The molecular formula is C27H28N6O2. The molecule has 5 rings (SSSR count). The van der Waals surface area contributed by atoms with Crippen LogP contribution in [0.5, 0.6) is 11.5 Å². The molecule has 0 saturated carbocycles. The smallest absolute Gasteiger partial charge is 0.253 e. The number of piperazine rings is 1. The molecule has 1 aliphatic rings. The van der Waals surface area contributed by atoms with E-state index in [0.717, 1.165) is 28.8 Å². The summed E-state index contributed by atoms with van der Waals surface area (Å²) < 4.78 is 7.82. The molecule has 2 aromatic carbocycles. The van der Waals surface area contributed by atoms with E-state index in [4.69, 9.17) is 4.74 Å². The summed E-state index contributed by atoms with van der Waals surface area (Å²) in [6, 6.07) is 18.9. The van der Waals surface area contributed by atoms with Crippen molar-refractivity contribution in [1.29, 1.82) is 0 Å². The van der Waals surface area contributed by atoms with Crippen molar-refractivity contribution >= 4 is 11.7 Å². The van der Waals surface area contributed by atoms with Crippen LogP contribution in [0.4, 0.5) is 5.82 Å². The molecule has 1 amide bonds. The lowest BCUT2D eigenvalue weighted by atomic mass is 10.1. The first-order chi connectivity index (χ1) is 17.0. The maximum absolute atomic E-state index is 13.1. The van der Waals surface area contributed by atoms with E-state index in [-0.39, 0.29) is 5.91 Å². The Morgan fingerprint density at radius 1 is 0.829 bits per heavy atom. The molecule has 3 heterocycles. The first kappa shape index (κ1) is 22.6. The molecule has 1 fully saturated rings. The minimum atomic E-state index is 0.0278. The molecule has 1 aliphatic heterocycles. The molecule has 0 radical (unpaired) electrons. The lowest BCUT2D eigenvalue weighted by Crippen LogP contribution is -2.49. The Morgan fingerprint density at radius 3 is 2.14 bits per heavy atom. The van der Waals surface area contributed by atoms with E-state index >= 15 is 0 Å². The van der Waals surface area contributed by atoms with Gasteiger partial charge in [0.15, 0.2) is 0 Å². The maximum Gasteiger partial charge on any atom is 0.253 e. The number of imidazole rings is 1. The molecule has 8 heteroatoms. The Balaban J connectivity index is 1.23. The van der Waals surface area contributed by atoms with Gasteiger partial charge >= 0.3 is 0 Å². The highest BCUT2D eigenvalue weighted by Gasteiger charge is 2.24. The molecule has 0 atom stereocenters. The van der Waals surface area contributed by atoms with Gasteiger partial charge in [0, 0.05) is 43.5 Å². The summed E-state index contributed by atoms with van der Waals surface area (Å²) in [4.78, 5) is 30.8. The van der Waals surface area contributed by atoms with E-state index in [9.17, 15) is 4.79 Å². The quantitative estimate of drug-likeness (QED) is 0.434. The number of aryl methyl sites for hydroxylation is 2. The lowest BCUT2D eigenvalue weighted by molar-refractivity contribution is 0.0746. The molecular weight excluding hydrogens is 440 g/mol. The van der Waals surface area contributed by atoms with Crippen molar-refractivity contribution in [2.45, 2.75) is 20.8 Å². The van der Waals surface area contributed by atoms with Gasteiger partial charge in [-0.3, -0.25) is 9.36 Å². The number of rotatable bonds is 5. The van der Waals surface area contributed by atoms with Gasteiger partial charge in [0.05, 0.1) is 5.69 Å². The summed E-state index contributed by atoms with van der Waals surface area (Å²) in [6.45, 7) is 8.59. The molecule has 2 aromatic heterocycles. The first-order valence-corrected chi connectivity index (χ1v) is 11.7. The van der Waals surface area contributed by atoms with E-state index in [1.54, 1.807) is 6.33 Å². The summed E-state index contributed by atoms with van der Waals surface area (Å²) >= 11 is 0. The number of nitrogens with zero attached hydrogens (tertiary/aromatic N) is 6. The van der Waals surface area contributed by atoms with Crippen LogP contribution in [0.25, 0.3) is 5.82 Å². The summed E-state index contributed by atoms with van der Waals surface area (Å²) in [6.07, 6.45) is 1.79. The van der Waals surface area contributed by atoms with Crippen molar-refractivity contribution in [2.24, 2.45) is 0 Å². The van der Waals surface area contributed by atoms with E-state index in [2.05, 4.69) is 19.9 Å². The van der Waals surface area contributed by atoms with Crippen molar-refractivity contribution in [3.63, 3.8) is 0 Å². The second-order valence-corrected chi connectivity index (χ2v) is 8.64. The molecule has 0 N–H and O–H groups in total. The van der Waals surface area contributed by atoms with Crippen molar-refractivity contribution in [2.75, 3.05) is 31.1 Å². The van der Waals surface area contributed by atoms with Gasteiger partial charge in [0.2, 0.25) is 0 Å². The second-order valence-electron chi connectivity index (χ2n) is 8.64. The van der Waals surface area contributed by atoms with Gasteiger partial charge in [-0.1, -0.05) is 18.2 Å². The Kier molecular flexibility index (Phi) is 6.18. The van der Waals surface area contributed by atoms with Crippen LogP contribution in [0.3, 0.4) is 0 Å². The third-order valence-electron chi connectivity index (χ3n) is 6.28. The molecule has 4 aromatic rings. The number of amides is 1. The van der Waals surface area contributed by atoms with Crippen LogP contribution in [0.1, 0.15) is 27.6 Å². The zero-order valence-electron chi connectivity index (χ0n) is 20.2. The summed E-state index contributed by atoms with van der Waals surface area (Å²) in [7, 11) is 0. The highest BCUT2D eigenvalue weighted by atomic mass is 16.5. The average Bonchev–Trinajstić information content (AvgIpc) is 3.22. The third-order valence-corrected chi connectivity index (χ3v) is 6.28. The van der Waals surface area contributed by atoms with Crippen molar-refractivity contribution in [1.82, 2.24) is 24.4 Å². The van der Waals surface area contributed by atoms with Crippen LogP contribution in [-0.4, -0.2) is 56.5 Å². The normalized spacial score (nSPS) is 13.7. The van der Waals surface area contributed by atoms with Gasteiger partial charge in [-0.2, -0.15) is 0 Å². The molecule has 0 spiro atoms. The predicted octanol–water partition coefficient (Wildman–Crippen LogP) is 4.34. The Bertz CT molecular complexity index is 1330. The first-order valence-electron chi connectivity index (χ1n) is 11.7. The molecule has 1 saturated heterocycles. The van der Waals surface area contributed by atoms with Crippen LogP contribution >= 0.6 is 0 Å². The molecule has 178 valence electrons. The minimum Gasteiger partial charge on any atom is -0.457 e.